The van der Waals surface area contributed by atoms with E-state index in [0.29, 0.717) is 6.61 Å². The lowest BCUT2D eigenvalue weighted by atomic mass is 10.2. The highest BCUT2D eigenvalue weighted by Gasteiger charge is 2.20. The summed E-state index contributed by atoms with van der Waals surface area (Å²) in [6.07, 6.45) is 9.07. The van der Waals surface area contributed by atoms with Gasteiger partial charge in [0.25, 0.3) is 0 Å². The molecule has 114 valence electrons. The highest BCUT2D eigenvalue weighted by molar-refractivity contribution is 5.20. The smallest absolute Gasteiger partial charge is 0.118 e. The van der Waals surface area contributed by atoms with Crippen molar-refractivity contribution in [3.8, 4) is 0 Å². The van der Waals surface area contributed by atoms with Gasteiger partial charge in [0, 0.05) is 18.2 Å². The third kappa shape index (κ3) is 5.68. The Hall–Kier alpha value is -0.800. The van der Waals surface area contributed by atoms with E-state index < -0.39 is 0 Å². The van der Waals surface area contributed by atoms with Crippen molar-refractivity contribution in [2.45, 2.75) is 78.0 Å². The highest BCUT2D eigenvalue weighted by Crippen LogP contribution is 2.21. The molecular weight excluding hydrogens is 250 g/mol. The van der Waals surface area contributed by atoms with Crippen LogP contribution in [0.25, 0.3) is 0 Å². The van der Waals surface area contributed by atoms with Crippen LogP contribution in [0.1, 0.15) is 69.0 Å². The molecule has 1 aromatic heterocycles. The van der Waals surface area contributed by atoms with E-state index in [-0.39, 0.29) is 0 Å². The van der Waals surface area contributed by atoms with Crippen molar-refractivity contribution in [1.82, 2.24) is 5.32 Å². The first-order valence-electron chi connectivity index (χ1n) is 8.19. The van der Waals surface area contributed by atoms with Crippen molar-refractivity contribution >= 4 is 0 Å². The van der Waals surface area contributed by atoms with Gasteiger partial charge in [-0.15, -0.1) is 0 Å². The summed E-state index contributed by atoms with van der Waals surface area (Å²) in [5.74, 6) is 2.04. The third-order valence-electron chi connectivity index (χ3n) is 3.86. The zero-order valence-corrected chi connectivity index (χ0v) is 13.0. The number of nitrogens with one attached hydrogen (secondary N) is 1. The third-order valence-corrected chi connectivity index (χ3v) is 3.86. The number of ether oxygens (including phenoxy) is 1. The number of aryl methyl sites for hydroxylation is 1. The average molecular weight is 279 g/mol. The highest BCUT2D eigenvalue weighted by atomic mass is 16.5. The minimum atomic E-state index is 0.687. The molecule has 0 aliphatic heterocycles. The van der Waals surface area contributed by atoms with Gasteiger partial charge in [0.2, 0.25) is 0 Å². The van der Waals surface area contributed by atoms with E-state index in [1.807, 2.05) is 6.92 Å². The van der Waals surface area contributed by atoms with Crippen LogP contribution in [0.4, 0.5) is 0 Å². The molecule has 0 unspecified atom stereocenters. The lowest BCUT2D eigenvalue weighted by Crippen LogP contribution is -2.14. The van der Waals surface area contributed by atoms with Crippen LogP contribution in [-0.2, 0) is 17.9 Å². The summed E-state index contributed by atoms with van der Waals surface area (Å²) >= 11 is 0. The molecule has 0 amide bonds. The average Bonchev–Trinajstić information content (AvgIpc) is 3.20. The number of hydrogen-bond acceptors (Lipinski definition) is 3. The molecule has 0 saturated heterocycles. The standard InChI is InChI=1S/C17H29NO2/c1-3-4-5-6-7-10-19-13-15-11-17(20-14(15)2)12-18-16-8-9-16/h11,16,18H,3-10,12-13H2,1-2H3. The van der Waals surface area contributed by atoms with Crippen molar-refractivity contribution in [2.75, 3.05) is 6.61 Å². The van der Waals surface area contributed by atoms with Gasteiger partial charge in [-0.3, -0.25) is 0 Å². The van der Waals surface area contributed by atoms with Crippen molar-refractivity contribution in [3.63, 3.8) is 0 Å². The largest absolute Gasteiger partial charge is 0.465 e. The van der Waals surface area contributed by atoms with Crippen LogP contribution < -0.4 is 5.32 Å². The fourth-order valence-corrected chi connectivity index (χ4v) is 2.34. The van der Waals surface area contributed by atoms with Gasteiger partial charge in [-0.05, 0) is 32.3 Å². The minimum Gasteiger partial charge on any atom is -0.465 e. The van der Waals surface area contributed by atoms with Crippen LogP contribution >= 0.6 is 0 Å². The van der Waals surface area contributed by atoms with Crippen molar-refractivity contribution in [1.29, 1.82) is 0 Å². The Labute approximate surface area is 123 Å². The Kier molecular flexibility index (Phi) is 6.61. The molecule has 0 atom stereocenters. The van der Waals surface area contributed by atoms with Gasteiger partial charge < -0.3 is 14.5 Å². The minimum absolute atomic E-state index is 0.687. The summed E-state index contributed by atoms with van der Waals surface area (Å²) in [5.41, 5.74) is 1.20. The van der Waals surface area contributed by atoms with Crippen LogP contribution in [0.15, 0.2) is 10.5 Å². The Morgan fingerprint density at radius 2 is 2.05 bits per heavy atom. The Morgan fingerprint density at radius 1 is 1.25 bits per heavy atom. The van der Waals surface area contributed by atoms with E-state index in [4.69, 9.17) is 9.15 Å². The number of furan rings is 1. The molecule has 0 radical (unpaired) electrons. The summed E-state index contributed by atoms with van der Waals surface area (Å²) in [4.78, 5) is 0. The van der Waals surface area contributed by atoms with Crippen LogP contribution in [0, 0.1) is 6.92 Å². The SMILES string of the molecule is CCCCCCCOCc1cc(CNC2CC2)oc1C. The van der Waals surface area contributed by atoms with Crippen LogP contribution in [0.5, 0.6) is 0 Å². The Morgan fingerprint density at radius 3 is 2.80 bits per heavy atom. The molecule has 1 aliphatic carbocycles. The predicted molar refractivity (Wildman–Crippen MR) is 81.7 cm³/mol. The first kappa shape index (κ1) is 15.6. The number of hydrogen-bond donors (Lipinski definition) is 1. The zero-order chi connectivity index (χ0) is 14.2. The molecular formula is C17H29NO2. The lowest BCUT2D eigenvalue weighted by molar-refractivity contribution is 0.116. The fourth-order valence-electron chi connectivity index (χ4n) is 2.34. The van der Waals surface area contributed by atoms with Crippen LogP contribution in [-0.4, -0.2) is 12.6 Å². The number of rotatable bonds is 11. The van der Waals surface area contributed by atoms with Gasteiger partial charge in [-0.1, -0.05) is 32.6 Å². The molecule has 0 aromatic carbocycles. The molecule has 1 fully saturated rings. The van der Waals surface area contributed by atoms with Crippen molar-refractivity contribution in [3.05, 3.63) is 23.2 Å². The van der Waals surface area contributed by atoms with Gasteiger partial charge in [0.1, 0.15) is 11.5 Å². The zero-order valence-electron chi connectivity index (χ0n) is 13.0. The monoisotopic (exact) mass is 279 g/mol. The molecule has 2 rings (SSSR count). The Balaban J connectivity index is 1.59. The summed E-state index contributed by atoms with van der Waals surface area (Å²) in [6.45, 7) is 6.67. The first-order chi connectivity index (χ1) is 9.79. The first-order valence-corrected chi connectivity index (χ1v) is 8.19. The van der Waals surface area contributed by atoms with Crippen LogP contribution in [0.2, 0.25) is 0 Å². The fraction of sp³-hybridized carbons (Fsp3) is 0.765. The summed E-state index contributed by atoms with van der Waals surface area (Å²) in [6, 6.07) is 2.87. The van der Waals surface area contributed by atoms with Gasteiger partial charge in [-0.2, -0.15) is 0 Å². The molecule has 0 spiro atoms. The lowest BCUT2D eigenvalue weighted by Gasteiger charge is -2.03. The molecule has 0 bridgehead atoms. The van der Waals surface area contributed by atoms with Crippen LogP contribution in [0.3, 0.4) is 0 Å². The second-order valence-electron chi connectivity index (χ2n) is 5.92. The molecule has 1 heterocycles. The summed E-state index contributed by atoms with van der Waals surface area (Å²) < 4.78 is 11.5. The van der Waals surface area contributed by atoms with Crippen molar-refractivity contribution < 1.29 is 9.15 Å². The van der Waals surface area contributed by atoms with E-state index in [0.717, 1.165) is 30.7 Å². The van der Waals surface area contributed by atoms with E-state index >= 15 is 0 Å². The molecule has 1 N–H and O–H groups in total. The van der Waals surface area contributed by atoms with E-state index in [9.17, 15) is 0 Å². The van der Waals surface area contributed by atoms with E-state index in [2.05, 4.69) is 18.3 Å². The van der Waals surface area contributed by atoms with Gasteiger partial charge >= 0.3 is 0 Å². The Bertz CT molecular complexity index is 382. The molecule has 20 heavy (non-hydrogen) atoms. The maximum atomic E-state index is 5.76. The normalized spacial score (nSPS) is 14.9. The molecule has 1 aromatic rings. The second kappa shape index (κ2) is 8.48. The molecule has 1 aliphatic rings. The second-order valence-corrected chi connectivity index (χ2v) is 5.92. The number of unbranched alkanes of at least 4 members (excludes halogenated alkanes) is 4. The quantitative estimate of drug-likeness (QED) is 0.612. The van der Waals surface area contributed by atoms with Gasteiger partial charge in [-0.25, -0.2) is 0 Å². The van der Waals surface area contributed by atoms with E-state index in [1.54, 1.807) is 0 Å². The molecule has 3 nitrogen and oxygen atoms in total. The molecule has 3 heteroatoms. The molecule has 1 saturated carbocycles. The van der Waals surface area contributed by atoms with Gasteiger partial charge in [0.15, 0.2) is 0 Å². The summed E-state index contributed by atoms with van der Waals surface area (Å²) in [7, 11) is 0. The maximum absolute atomic E-state index is 5.76. The predicted octanol–water partition coefficient (Wildman–Crippen LogP) is 4.33. The maximum Gasteiger partial charge on any atom is 0.118 e. The van der Waals surface area contributed by atoms with E-state index in [1.165, 1.54) is 50.5 Å². The topological polar surface area (TPSA) is 34.4 Å². The summed E-state index contributed by atoms with van der Waals surface area (Å²) in [5, 5.41) is 3.47. The van der Waals surface area contributed by atoms with Gasteiger partial charge in [0.05, 0.1) is 13.2 Å². The van der Waals surface area contributed by atoms with Crippen molar-refractivity contribution in [2.24, 2.45) is 0 Å².